The largest absolute Gasteiger partial charge is 0.380 e. The van der Waals surface area contributed by atoms with Crippen LogP contribution in [-0.2, 0) is 14.3 Å². The summed E-state index contributed by atoms with van der Waals surface area (Å²) in [5.41, 5.74) is 5.53. The average Bonchev–Trinajstić information content (AvgIpc) is 3.01. The molecule has 1 aliphatic heterocycles. The number of nitrogens with two attached hydrogens (primary N) is 1. The van der Waals surface area contributed by atoms with Crippen LogP contribution in [0.1, 0.15) is 44.9 Å². The molecule has 22 heavy (non-hydrogen) atoms. The summed E-state index contributed by atoms with van der Waals surface area (Å²) in [7, 11) is 1.56. The number of rotatable bonds is 6. The first-order valence-corrected chi connectivity index (χ1v) is 8.45. The summed E-state index contributed by atoms with van der Waals surface area (Å²) in [5, 5.41) is 3.00. The Balaban J connectivity index is 1.75. The molecular weight excluding hydrogens is 282 g/mol. The molecule has 2 aliphatic rings. The standard InChI is InChI=1S/C16H29N3O3/c1-22-14(10-17)9-15(20)18-13-7-8-19(11-13)16(21)12-5-3-2-4-6-12/h12-14H,2-11,17H2,1H3,(H,18,20). The lowest BCUT2D eigenvalue weighted by Crippen LogP contribution is -2.42. The quantitative estimate of drug-likeness (QED) is 0.754. The van der Waals surface area contributed by atoms with Gasteiger partial charge in [0.2, 0.25) is 11.8 Å². The molecule has 2 amide bonds. The summed E-state index contributed by atoms with van der Waals surface area (Å²) in [6.07, 6.45) is 6.52. The maximum Gasteiger partial charge on any atom is 0.225 e. The summed E-state index contributed by atoms with van der Waals surface area (Å²) >= 11 is 0. The van der Waals surface area contributed by atoms with E-state index in [-0.39, 0.29) is 36.3 Å². The maximum atomic E-state index is 12.5. The molecule has 3 N–H and O–H groups in total. The van der Waals surface area contributed by atoms with Gasteiger partial charge < -0.3 is 20.7 Å². The van der Waals surface area contributed by atoms with Crippen molar-refractivity contribution >= 4 is 11.8 Å². The van der Waals surface area contributed by atoms with Gasteiger partial charge in [-0.15, -0.1) is 0 Å². The minimum absolute atomic E-state index is 0.0470. The Labute approximate surface area is 132 Å². The summed E-state index contributed by atoms with van der Waals surface area (Å²) in [4.78, 5) is 26.4. The summed E-state index contributed by atoms with van der Waals surface area (Å²) in [5.74, 6) is 0.445. The zero-order chi connectivity index (χ0) is 15.9. The van der Waals surface area contributed by atoms with Gasteiger partial charge in [-0.05, 0) is 19.3 Å². The lowest BCUT2D eigenvalue weighted by Gasteiger charge is -2.26. The molecule has 0 radical (unpaired) electrons. The van der Waals surface area contributed by atoms with Gasteiger partial charge in [-0.3, -0.25) is 9.59 Å². The van der Waals surface area contributed by atoms with Crippen molar-refractivity contribution < 1.29 is 14.3 Å². The molecule has 0 aromatic carbocycles. The predicted molar refractivity (Wildman–Crippen MR) is 84.2 cm³/mol. The van der Waals surface area contributed by atoms with Crippen LogP contribution < -0.4 is 11.1 Å². The van der Waals surface area contributed by atoms with E-state index in [2.05, 4.69) is 5.32 Å². The van der Waals surface area contributed by atoms with Gasteiger partial charge in [0.1, 0.15) is 0 Å². The molecule has 126 valence electrons. The van der Waals surface area contributed by atoms with Crippen LogP contribution in [0.4, 0.5) is 0 Å². The predicted octanol–water partition coefficient (Wildman–Crippen LogP) is 0.648. The highest BCUT2D eigenvalue weighted by molar-refractivity contribution is 5.80. The third-order valence-electron chi connectivity index (χ3n) is 4.83. The van der Waals surface area contributed by atoms with Crippen LogP contribution in [0, 0.1) is 5.92 Å². The van der Waals surface area contributed by atoms with Crippen LogP contribution in [0.15, 0.2) is 0 Å². The Morgan fingerprint density at radius 2 is 2.00 bits per heavy atom. The molecule has 6 nitrogen and oxygen atoms in total. The van der Waals surface area contributed by atoms with Crippen LogP contribution in [0.5, 0.6) is 0 Å². The fraction of sp³-hybridized carbons (Fsp3) is 0.875. The molecule has 6 heteroatoms. The first-order valence-electron chi connectivity index (χ1n) is 8.45. The fourth-order valence-corrected chi connectivity index (χ4v) is 3.44. The molecule has 2 rings (SSSR count). The number of hydrogen-bond donors (Lipinski definition) is 2. The van der Waals surface area contributed by atoms with Gasteiger partial charge in [-0.1, -0.05) is 19.3 Å². The van der Waals surface area contributed by atoms with Crippen LogP contribution in [0.2, 0.25) is 0 Å². The van der Waals surface area contributed by atoms with Crippen molar-refractivity contribution in [2.45, 2.75) is 57.1 Å². The molecule has 2 fully saturated rings. The maximum absolute atomic E-state index is 12.5. The van der Waals surface area contributed by atoms with Gasteiger partial charge in [0, 0.05) is 38.7 Å². The van der Waals surface area contributed by atoms with E-state index >= 15 is 0 Å². The van der Waals surface area contributed by atoms with E-state index in [1.165, 1.54) is 19.3 Å². The van der Waals surface area contributed by atoms with Crippen molar-refractivity contribution in [2.75, 3.05) is 26.7 Å². The average molecular weight is 311 g/mol. The molecule has 0 bridgehead atoms. The van der Waals surface area contributed by atoms with E-state index < -0.39 is 0 Å². The van der Waals surface area contributed by atoms with Gasteiger partial charge in [-0.25, -0.2) is 0 Å². The number of carbonyl (C=O) groups excluding carboxylic acids is 2. The highest BCUT2D eigenvalue weighted by Gasteiger charge is 2.32. The van der Waals surface area contributed by atoms with Crippen LogP contribution >= 0.6 is 0 Å². The van der Waals surface area contributed by atoms with Crippen molar-refractivity contribution in [2.24, 2.45) is 11.7 Å². The minimum Gasteiger partial charge on any atom is -0.380 e. The molecule has 0 aromatic heterocycles. The molecule has 1 heterocycles. The highest BCUT2D eigenvalue weighted by atomic mass is 16.5. The first-order chi connectivity index (χ1) is 10.6. The van der Waals surface area contributed by atoms with E-state index in [4.69, 9.17) is 10.5 Å². The number of carbonyl (C=O) groups is 2. The van der Waals surface area contributed by atoms with Gasteiger partial charge >= 0.3 is 0 Å². The Morgan fingerprint density at radius 3 is 2.64 bits per heavy atom. The van der Waals surface area contributed by atoms with E-state index in [1.54, 1.807) is 7.11 Å². The number of nitrogens with zero attached hydrogens (tertiary/aromatic N) is 1. The molecule has 1 saturated heterocycles. The molecule has 0 spiro atoms. The Bertz CT molecular complexity index is 379. The van der Waals surface area contributed by atoms with Crippen molar-refractivity contribution in [3.05, 3.63) is 0 Å². The SMILES string of the molecule is COC(CN)CC(=O)NC1CCN(C(=O)C2CCCCC2)C1. The van der Waals surface area contributed by atoms with Crippen LogP contribution in [0.3, 0.4) is 0 Å². The molecule has 2 unspecified atom stereocenters. The summed E-state index contributed by atoms with van der Waals surface area (Å²) in [6, 6.07) is 0.0651. The van der Waals surface area contributed by atoms with Crippen molar-refractivity contribution in [3.63, 3.8) is 0 Å². The number of amides is 2. The van der Waals surface area contributed by atoms with E-state index in [0.717, 1.165) is 25.8 Å². The number of hydrogen-bond acceptors (Lipinski definition) is 4. The van der Waals surface area contributed by atoms with Crippen LogP contribution in [0.25, 0.3) is 0 Å². The van der Waals surface area contributed by atoms with Crippen molar-refractivity contribution in [1.82, 2.24) is 10.2 Å². The second-order valence-corrected chi connectivity index (χ2v) is 6.47. The third kappa shape index (κ3) is 4.68. The lowest BCUT2D eigenvalue weighted by atomic mass is 9.88. The summed E-state index contributed by atoms with van der Waals surface area (Å²) in [6.45, 7) is 1.73. The Hall–Kier alpha value is -1.14. The monoisotopic (exact) mass is 311 g/mol. The van der Waals surface area contributed by atoms with E-state index in [1.807, 2.05) is 4.90 Å². The lowest BCUT2D eigenvalue weighted by molar-refractivity contribution is -0.135. The van der Waals surface area contributed by atoms with E-state index in [9.17, 15) is 9.59 Å². The smallest absolute Gasteiger partial charge is 0.225 e. The fourth-order valence-electron chi connectivity index (χ4n) is 3.44. The second-order valence-electron chi connectivity index (χ2n) is 6.47. The molecule has 2 atom stereocenters. The normalized spacial score (nSPS) is 24.3. The highest BCUT2D eigenvalue weighted by Crippen LogP contribution is 2.26. The molecule has 0 aromatic rings. The van der Waals surface area contributed by atoms with Crippen molar-refractivity contribution in [1.29, 1.82) is 0 Å². The van der Waals surface area contributed by atoms with Gasteiger partial charge in [0.15, 0.2) is 0 Å². The number of methoxy groups -OCH3 is 1. The first kappa shape index (κ1) is 17.2. The topological polar surface area (TPSA) is 84.7 Å². The third-order valence-corrected chi connectivity index (χ3v) is 4.83. The Kier molecular flexibility index (Phi) is 6.64. The number of ether oxygens (including phenoxy) is 1. The minimum atomic E-state index is -0.235. The Morgan fingerprint density at radius 1 is 1.27 bits per heavy atom. The van der Waals surface area contributed by atoms with Gasteiger partial charge in [-0.2, -0.15) is 0 Å². The zero-order valence-corrected chi connectivity index (χ0v) is 13.6. The second kappa shape index (κ2) is 8.48. The van der Waals surface area contributed by atoms with E-state index in [0.29, 0.717) is 13.1 Å². The number of likely N-dealkylation sites (tertiary alicyclic amines) is 1. The molecule has 1 saturated carbocycles. The summed E-state index contributed by atoms with van der Waals surface area (Å²) < 4.78 is 5.12. The molecule has 1 aliphatic carbocycles. The zero-order valence-electron chi connectivity index (χ0n) is 13.6. The molecular formula is C16H29N3O3. The van der Waals surface area contributed by atoms with Crippen LogP contribution in [-0.4, -0.2) is 55.6 Å². The van der Waals surface area contributed by atoms with Crippen molar-refractivity contribution in [3.8, 4) is 0 Å². The van der Waals surface area contributed by atoms with Gasteiger partial charge in [0.25, 0.3) is 0 Å². The number of nitrogens with one attached hydrogen (secondary N) is 1. The van der Waals surface area contributed by atoms with Gasteiger partial charge in [0.05, 0.1) is 12.5 Å².